The lowest BCUT2D eigenvalue weighted by Gasteiger charge is -2.24. The molecule has 2 rings (SSSR count). The van der Waals surface area contributed by atoms with Gasteiger partial charge in [-0.3, -0.25) is 10.1 Å². The van der Waals surface area contributed by atoms with Crippen LogP contribution in [0.4, 0.5) is 22.9 Å². The number of unbranched alkanes of at least 4 members (excludes halogenated alkanes) is 1. The standard InChI is InChI=1S/C20H28N4O3/c1-6-8-11-23(7-2)18-13-15(4)21-20(19(18)24(25)26)22-17-10-9-16(27-5)12-14(17)3/h9-10,12-13H,6-8,11H2,1-5H3,(H,21,22). The van der Waals surface area contributed by atoms with E-state index in [1.54, 1.807) is 13.2 Å². The average Bonchev–Trinajstić information content (AvgIpc) is 2.63. The van der Waals surface area contributed by atoms with Crippen molar-refractivity contribution < 1.29 is 9.66 Å². The Morgan fingerprint density at radius 1 is 1.26 bits per heavy atom. The molecule has 0 atom stereocenters. The van der Waals surface area contributed by atoms with Crippen molar-refractivity contribution in [3.05, 3.63) is 45.6 Å². The highest BCUT2D eigenvalue weighted by atomic mass is 16.6. The molecule has 0 aliphatic carbocycles. The lowest BCUT2D eigenvalue weighted by molar-refractivity contribution is -0.383. The molecule has 0 unspecified atom stereocenters. The maximum absolute atomic E-state index is 11.9. The summed E-state index contributed by atoms with van der Waals surface area (Å²) in [6, 6.07) is 7.33. The molecule has 7 nitrogen and oxygen atoms in total. The fourth-order valence-electron chi connectivity index (χ4n) is 2.99. The van der Waals surface area contributed by atoms with E-state index in [-0.39, 0.29) is 16.4 Å². The Kier molecular flexibility index (Phi) is 6.98. The molecule has 1 N–H and O–H groups in total. The van der Waals surface area contributed by atoms with Gasteiger partial charge in [-0.15, -0.1) is 0 Å². The van der Waals surface area contributed by atoms with E-state index in [0.29, 0.717) is 12.2 Å². The minimum Gasteiger partial charge on any atom is -0.497 e. The summed E-state index contributed by atoms with van der Waals surface area (Å²) in [5.74, 6) is 1.00. The Hall–Kier alpha value is -2.83. The van der Waals surface area contributed by atoms with Gasteiger partial charge in [0.2, 0.25) is 5.82 Å². The van der Waals surface area contributed by atoms with Crippen LogP contribution in [0.15, 0.2) is 24.3 Å². The van der Waals surface area contributed by atoms with Crippen LogP contribution in [0, 0.1) is 24.0 Å². The van der Waals surface area contributed by atoms with Crippen molar-refractivity contribution in [1.29, 1.82) is 0 Å². The second-order valence-corrected chi connectivity index (χ2v) is 6.48. The number of nitrogens with zero attached hydrogens (tertiary/aromatic N) is 3. The van der Waals surface area contributed by atoms with Crippen LogP contribution < -0.4 is 15.0 Å². The first-order chi connectivity index (χ1) is 12.9. The quantitative estimate of drug-likeness (QED) is 0.493. The number of nitro groups is 1. The zero-order valence-electron chi connectivity index (χ0n) is 16.7. The molecule has 0 aliphatic rings. The molecular weight excluding hydrogens is 344 g/mol. The molecule has 2 aromatic rings. The van der Waals surface area contributed by atoms with Gasteiger partial charge in [0.05, 0.1) is 12.0 Å². The SMILES string of the molecule is CCCCN(CC)c1cc(C)nc(Nc2ccc(OC)cc2C)c1[N+](=O)[O-]. The van der Waals surface area contributed by atoms with Crippen molar-refractivity contribution in [2.45, 2.75) is 40.5 Å². The monoisotopic (exact) mass is 372 g/mol. The summed E-state index contributed by atoms with van der Waals surface area (Å²) in [6.45, 7) is 9.37. The van der Waals surface area contributed by atoms with Gasteiger partial charge < -0.3 is 15.0 Å². The molecule has 0 bridgehead atoms. The van der Waals surface area contributed by atoms with Gasteiger partial charge in [0, 0.05) is 24.5 Å². The van der Waals surface area contributed by atoms with Gasteiger partial charge in [-0.05, 0) is 57.0 Å². The van der Waals surface area contributed by atoms with Crippen LogP contribution in [0.1, 0.15) is 37.9 Å². The van der Waals surface area contributed by atoms with Crippen LogP contribution in [0.5, 0.6) is 5.75 Å². The molecule has 1 aromatic carbocycles. The Balaban J connectivity index is 2.51. The van der Waals surface area contributed by atoms with E-state index in [4.69, 9.17) is 4.74 Å². The highest BCUT2D eigenvalue weighted by Gasteiger charge is 2.26. The number of benzene rings is 1. The lowest BCUT2D eigenvalue weighted by Crippen LogP contribution is -2.25. The van der Waals surface area contributed by atoms with Gasteiger partial charge in [-0.2, -0.15) is 0 Å². The van der Waals surface area contributed by atoms with E-state index >= 15 is 0 Å². The zero-order chi connectivity index (χ0) is 20.0. The van der Waals surface area contributed by atoms with Crippen molar-refractivity contribution in [2.75, 3.05) is 30.4 Å². The molecule has 0 amide bonds. The third kappa shape index (κ3) is 4.87. The molecule has 0 spiro atoms. The van der Waals surface area contributed by atoms with Gasteiger partial charge in [-0.25, -0.2) is 4.98 Å². The first kappa shape index (κ1) is 20.5. The van der Waals surface area contributed by atoms with Gasteiger partial charge in [0.15, 0.2) is 0 Å². The van der Waals surface area contributed by atoms with E-state index < -0.39 is 0 Å². The molecule has 7 heteroatoms. The van der Waals surface area contributed by atoms with E-state index in [1.165, 1.54) is 0 Å². The van der Waals surface area contributed by atoms with Crippen molar-refractivity contribution in [3.8, 4) is 5.75 Å². The number of hydrogen-bond acceptors (Lipinski definition) is 6. The molecule has 146 valence electrons. The Labute approximate surface area is 160 Å². The summed E-state index contributed by atoms with van der Waals surface area (Å²) < 4.78 is 5.23. The fraction of sp³-hybridized carbons (Fsp3) is 0.450. The highest BCUT2D eigenvalue weighted by molar-refractivity contribution is 5.78. The second-order valence-electron chi connectivity index (χ2n) is 6.48. The van der Waals surface area contributed by atoms with Crippen LogP contribution in [-0.4, -0.2) is 30.1 Å². The number of hydrogen-bond donors (Lipinski definition) is 1. The fourth-order valence-corrected chi connectivity index (χ4v) is 2.99. The van der Waals surface area contributed by atoms with Crippen LogP contribution in [0.3, 0.4) is 0 Å². The number of ether oxygens (including phenoxy) is 1. The number of pyridine rings is 1. The molecule has 1 heterocycles. The van der Waals surface area contributed by atoms with E-state index in [0.717, 1.165) is 42.1 Å². The number of aryl methyl sites for hydroxylation is 2. The summed E-state index contributed by atoms with van der Waals surface area (Å²) in [5.41, 5.74) is 3.04. The minimum absolute atomic E-state index is 0.00812. The largest absolute Gasteiger partial charge is 0.497 e. The maximum atomic E-state index is 11.9. The Morgan fingerprint density at radius 2 is 2.00 bits per heavy atom. The topological polar surface area (TPSA) is 80.5 Å². The Bertz CT molecular complexity index is 808. The van der Waals surface area contributed by atoms with E-state index in [2.05, 4.69) is 17.2 Å². The van der Waals surface area contributed by atoms with Crippen molar-refractivity contribution in [3.63, 3.8) is 0 Å². The first-order valence-corrected chi connectivity index (χ1v) is 9.23. The smallest absolute Gasteiger partial charge is 0.334 e. The molecule has 0 radical (unpaired) electrons. The predicted octanol–water partition coefficient (Wildman–Crippen LogP) is 4.99. The van der Waals surface area contributed by atoms with E-state index in [1.807, 2.05) is 43.9 Å². The second kappa shape index (κ2) is 9.21. The minimum atomic E-state index is -0.350. The summed E-state index contributed by atoms with van der Waals surface area (Å²) in [6.07, 6.45) is 2.01. The normalized spacial score (nSPS) is 10.6. The molecule has 27 heavy (non-hydrogen) atoms. The zero-order valence-corrected chi connectivity index (χ0v) is 16.7. The number of rotatable bonds is 9. The third-order valence-electron chi connectivity index (χ3n) is 4.47. The van der Waals surface area contributed by atoms with Crippen molar-refractivity contribution in [1.82, 2.24) is 4.98 Å². The summed E-state index contributed by atoms with van der Waals surface area (Å²) in [5, 5.41) is 15.1. The van der Waals surface area contributed by atoms with Gasteiger partial charge >= 0.3 is 5.69 Å². The molecule has 1 aromatic heterocycles. The maximum Gasteiger partial charge on any atom is 0.334 e. The number of anilines is 3. The lowest BCUT2D eigenvalue weighted by atomic mass is 10.1. The summed E-state index contributed by atoms with van der Waals surface area (Å²) in [7, 11) is 1.61. The molecular formula is C20H28N4O3. The third-order valence-corrected chi connectivity index (χ3v) is 4.47. The summed E-state index contributed by atoms with van der Waals surface area (Å²) in [4.78, 5) is 18.0. The van der Waals surface area contributed by atoms with Crippen LogP contribution in [-0.2, 0) is 0 Å². The van der Waals surface area contributed by atoms with E-state index in [9.17, 15) is 10.1 Å². The number of nitrogens with one attached hydrogen (secondary N) is 1. The van der Waals surface area contributed by atoms with Crippen LogP contribution in [0.25, 0.3) is 0 Å². The first-order valence-electron chi connectivity index (χ1n) is 9.23. The van der Waals surface area contributed by atoms with Crippen LogP contribution in [0.2, 0.25) is 0 Å². The van der Waals surface area contributed by atoms with Gasteiger partial charge in [-0.1, -0.05) is 13.3 Å². The summed E-state index contributed by atoms with van der Waals surface area (Å²) >= 11 is 0. The predicted molar refractivity (Wildman–Crippen MR) is 109 cm³/mol. The molecule has 0 fully saturated rings. The van der Waals surface area contributed by atoms with Crippen LogP contribution >= 0.6 is 0 Å². The molecule has 0 saturated heterocycles. The van der Waals surface area contributed by atoms with Gasteiger partial charge in [0.25, 0.3) is 0 Å². The van der Waals surface area contributed by atoms with Gasteiger partial charge in [0.1, 0.15) is 11.4 Å². The highest BCUT2D eigenvalue weighted by Crippen LogP contribution is 2.37. The average molecular weight is 372 g/mol. The Morgan fingerprint density at radius 3 is 2.56 bits per heavy atom. The van der Waals surface area contributed by atoms with Crippen molar-refractivity contribution in [2.24, 2.45) is 0 Å². The molecule has 0 aliphatic heterocycles. The number of aromatic nitrogens is 1. The molecule has 0 saturated carbocycles. The number of methoxy groups -OCH3 is 1. The van der Waals surface area contributed by atoms with Crippen molar-refractivity contribution >= 4 is 22.9 Å².